The third-order valence-electron chi connectivity index (χ3n) is 2.75. The normalized spacial score (nSPS) is 23.0. The van der Waals surface area contributed by atoms with Crippen molar-refractivity contribution < 1.29 is 19.1 Å². The van der Waals surface area contributed by atoms with Crippen molar-refractivity contribution in [1.82, 2.24) is 10.2 Å². The lowest BCUT2D eigenvalue weighted by molar-refractivity contribution is -0.146. The summed E-state index contributed by atoms with van der Waals surface area (Å²) in [4.78, 5) is 36.3. The van der Waals surface area contributed by atoms with Crippen molar-refractivity contribution in [3.8, 4) is 0 Å². The Bertz CT molecular complexity index is 340. The third kappa shape index (κ3) is 2.63. The summed E-state index contributed by atoms with van der Waals surface area (Å²) < 4.78 is 4.92. The second-order valence-corrected chi connectivity index (χ2v) is 4.53. The first-order valence-corrected chi connectivity index (χ1v) is 5.57. The molecule has 1 aliphatic rings. The molecule has 2 atom stereocenters. The molecule has 0 aromatic heterocycles. The SMILES string of the molecule is COCC(C)N1C(=O)NC(=O)C(C(C)C)C1=O. The highest BCUT2D eigenvalue weighted by atomic mass is 16.5. The summed E-state index contributed by atoms with van der Waals surface area (Å²) in [6.45, 7) is 5.50. The topological polar surface area (TPSA) is 75.7 Å². The van der Waals surface area contributed by atoms with Gasteiger partial charge in [0.25, 0.3) is 0 Å². The van der Waals surface area contributed by atoms with Crippen LogP contribution in [-0.4, -0.2) is 42.5 Å². The van der Waals surface area contributed by atoms with Crippen LogP contribution in [0.5, 0.6) is 0 Å². The van der Waals surface area contributed by atoms with Gasteiger partial charge in [0.1, 0.15) is 5.92 Å². The quantitative estimate of drug-likeness (QED) is 0.723. The fourth-order valence-corrected chi connectivity index (χ4v) is 1.93. The molecular weight excluding hydrogens is 224 g/mol. The van der Waals surface area contributed by atoms with Crippen molar-refractivity contribution in [3.05, 3.63) is 0 Å². The minimum Gasteiger partial charge on any atom is -0.383 e. The number of hydrogen-bond acceptors (Lipinski definition) is 4. The Hall–Kier alpha value is -1.43. The average molecular weight is 242 g/mol. The van der Waals surface area contributed by atoms with E-state index in [9.17, 15) is 14.4 Å². The molecule has 0 aliphatic carbocycles. The fourth-order valence-electron chi connectivity index (χ4n) is 1.93. The van der Waals surface area contributed by atoms with E-state index in [1.165, 1.54) is 7.11 Å². The number of ether oxygens (including phenoxy) is 1. The molecule has 96 valence electrons. The van der Waals surface area contributed by atoms with E-state index in [2.05, 4.69) is 5.32 Å². The predicted octanol–water partition coefficient (Wildman–Crippen LogP) is 0.372. The Morgan fingerprint density at radius 1 is 1.29 bits per heavy atom. The number of urea groups is 1. The largest absolute Gasteiger partial charge is 0.383 e. The van der Waals surface area contributed by atoms with Crippen molar-refractivity contribution in [2.24, 2.45) is 11.8 Å². The Labute approximate surface area is 100 Å². The number of imide groups is 2. The van der Waals surface area contributed by atoms with Gasteiger partial charge in [-0.25, -0.2) is 4.79 Å². The number of nitrogens with one attached hydrogen (secondary N) is 1. The predicted molar refractivity (Wildman–Crippen MR) is 60.1 cm³/mol. The molecule has 0 saturated carbocycles. The number of rotatable bonds is 4. The molecule has 0 spiro atoms. The van der Waals surface area contributed by atoms with Crippen molar-refractivity contribution in [2.45, 2.75) is 26.8 Å². The smallest absolute Gasteiger partial charge is 0.331 e. The molecule has 1 heterocycles. The van der Waals surface area contributed by atoms with Crippen LogP contribution >= 0.6 is 0 Å². The molecule has 0 bridgehead atoms. The number of amides is 4. The highest BCUT2D eigenvalue weighted by Gasteiger charge is 2.43. The van der Waals surface area contributed by atoms with Gasteiger partial charge in [-0.15, -0.1) is 0 Å². The summed E-state index contributed by atoms with van der Waals surface area (Å²) in [6, 6.07) is -1.05. The Kier molecular flexibility index (Phi) is 4.22. The van der Waals surface area contributed by atoms with Gasteiger partial charge >= 0.3 is 6.03 Å². The lowest BCUT2D eigenvalue weighted by Gasteiger charge is -2.35. The maximum Gasteiger partial charge on any atom is 0.331 e. The van der Waals surface area contributed by atoms with Crippen LogP contribution in [0, 0.1) is 11.8 Å². The van der Waals surface area contributed by atoms with E-state index in [4.69, 9.17) is 4.74 Å². The molecule has 1 fully saturated rings. The van der Waals surface area contributed by atoms with Crippen molar-refractivity contribution in [2.75, 3.05) is 13.7 Å². The highest BCUT2D eigenvalue weighted by molar-refractivity contribution is 6.16. The molecule has 0 radical (unpaired) electrons. The molecule has 17 heavy (non-hydrogen) atoms. The second kappa shape index (κ2) is 5.27. The number of methoxy groups -OCH3 is 1. The summed E-state index contributed by atoms with van der Waals surface area (Å²) in [5.41, 5.74) is 0. The molecule has 6 nitrogen and oxygen atoms in total. The minimum absolute atomic E-state index is 0.146. The molecule has 1 saturated heterocycles. The highest BCUT2D eigenvalue weighted by Crippen LogP contribution is 2.20. The van der Waals surface area contributed by atoms with Crippen LogP contribution in [0.4, 0.5) is 4.79 Å². The van der Waals surface area contributed by atoms with E-state index in [0.29, 0.717) is 0 Å². The van der Waals surface area contributed by atoms with Gasteiger partial charge in [0.2, 0.25) is 11.8 Å². The first-order valence-electron chi connectivity index (χ1n) is 5.57. The summed E-state index contributed by atoms with van der Waals surface area (Å²) in [7, 11) is 1.49. The van der Waals surface area contributed by atoms with Gasteiger partial charge in [-0.05, 0) is 12.8 Å². The van der Waals surface area contributed by atoms with E-state index in [1.807, 2.05) is 0 Å². The second-order valence-electron chi connectivity index (χ2n) is 4.53. The van der Waals surface area contributed by atoms with Crippen LogP contribution in [0.25, 0.3) is 0 Å². The summed E-state index contributed by atoms with van der Waals surface area (Å²) >= 11 is 0. The monoisotopic (exact) mass is 242 g/mol. The summed E-state index contributed by atoms with van der Waals surface area (Å²) in [6.07, 6.45) is 0. The zero-order valence-corrected chi connectivity index (χ0v) is 10.5. The van der Waals surface area contributed by atoms with Crippen LogP contribution < -0.4 is 5.32 Å². The van der Waals surface area contributed by atoms with Crippen molar-refractivity contribution >= 4 is 17.8 Å². The van der Waals surface area contributed by atoms with Crippen LogP contribution in [0.3, 0.4) is 0 Å². The molecule has 6 heteroatoms. The summed E-state index contributed by atoms with van der Waals surface area (Å²) in [5, 5.41) is 2.20. The molecule has 1 N–H and O–H groups in total. The number of nitrogens with zero attached hydrogens (tertiary/aromatic N) is 1. The van der Waals surface area contributed by atoms with E-state index >= 15 is 0 Å². The van der Waals surface area contributed by atoms with E-state index < -0.39 is 23.8 Å². The van der Waals surface area contributed by atoms with Gasteiger partial charge < -0.3 is 4.74 Å². The number of barbiturate groups is 1. The van der Waals surface area contributed by atoms with Gasteiger partial charge in [0.15, 0.2) is 0 Å². The fraction of sp³-hybridized carbons (Fsp3) is 0.727. The number of carbonyl (C=O) groups is 3. The van der Waals surface area contributed by atoms with Gasteiger partial charge in [-0.1, -0.05) is 13.8 Å². The average Bonchev–Trinajstić information content (AvgIpc) is 2.15. The van der Waals surface area contributed by atoms with Crippen LogP contribution in [0.1, 0.15) is 20.8 Å². The Morgan fingerprint density at radius 2 is 1.88 bits per heavy atom. The number of hydrogen-bond donors (Lipinski definition) is 1. The van der Waals surface area contributed by atoms with Crippen LogP contribution in [0.2, 0.25) is 0 Å². The maximum absolute atomic E-state index is 12.1. The van der Waals surface area contributed by atoms with Crippen LogP contribution in [0.15, 0.2) is 0 Å². The molecular formula is C11H18N2O4. The molecule has 4 amide bonds. The van der Waals surface area contributed by atoms with Gasteiger partial charge in [-0.3, -0.25) is 19.8 Å². The third-order valence-corrected chi connectivity index (χ3v) is 2.75. The molecule has 0 aromatic rings. The standard InChI is InChI=1S/C11H18N2O4/c1-6(2)8-9(14)12-11(16)13(10(8)15)7(3)5-17-4/h6-8H,5H2,1-4H3,(H,12,14,16). The lowest BCUT2D eigenvalue weighted by atomic mass is 9.91. The molecule has 2 unspecified atom stereocenters. The molecule has 0 aromatic carbocycles. The maximum atomic E-state index is 12.1. The zero-order valence-electron chi connectivity index (χ0n) is 10.5. The van der Waals surface area contributed by atoms with E-state index in [0.717, 1.165) is 4.90 Å². The first-order chi connectivity index (χ1) is 7.90. The van der Waals surface area contributed by atoms with Crippen molar-refractivity contribution in [1.29, 1.82) is 0 Å². The zero-order chi connectivity index (χ0) is 13.2. The Morgan fingerprint density at radius 3 is 2.35 bits per heavy atom. The minimum atomic E-state index is -0.799. The lowest BCUT2D eigenvalue weighted by Crippen LogP contribution is -2.62. The van der Waals surface area contributed by atoms with Crippen LogP contribution in [-0.2, 0) is 14.3 Å². The Balaban J connectivity index is 2.94. The number of carbonyl (C=O) groups excluding carboxylic acids is 3. The van der Waals surface area contributed by atoms with Gasteiger partial charge in [-0.2, -0.15) is 0 Å². The van der Waals surface area contributed by atoms with E-state index in [1.54, 1.807) is 20.8 Å². The first kappa shape index (κ1) is 13.6. The van der Waals surface area contributed by atoms with E-state index in [-0.39, 0.29) is 18.6 Å². The van der Waals surface area contributed by atoms with Gasteiger partial charge in [0.05, 0.1) is 12.6 Å². The summed E-state index contributed by atoms with van der Waals surface area (Å²) in [5.74, 6) is -1.91. The molecule has 1 rings (SSSR count). The molecule has 1 aliphatic heterocycles. The van der Waals surface area contributed by atoms with Crippen molar-refractivity contribution in [3.63, 3.8) is 0 Å². The van der Waals surface area contributed by atoms with Gasteiger partial charge in [0, 0.05) is 7.11 Å².